The van der Waals surface area contributed by atoms with Crippen LogP contribution in [0.2, 0.25) is 0 Å². The maximum Gasteiger partial charge on any atom is 0.154 e. The Morgan fingerprint density at radius 3 is 2.77 bits per heavy atom. The Morgan fingerprint density at radius 2 is 1.92 bits per heavy atom. The number of imidazole rings is 1. The van der Waals surface area contributed by atoms with E-state index in [0.29, 0.717) is 0 Å². The molecule has 130 valence electrons. The number of hydrogen-bond acceptors (Lipinski definition) is 4. The van der Waals surface area contributed by atoms with Gasteiger partial charge >= 0.3 is 0 Å². The van der Waals surface area contributed by atoms with Crippen LogP contribution < -0.4 is 5.32 Å². The molecule has 6 nitrogen and oxygen atoms in total. The number of anilines is 1. The van der Waals surface area contributed by atoms with Gasteiger partial charge in [0.05, 0.1) is 24.6 Å². The van der Waals surface area contributed by atoms with Crippen LogP contribution in [0.25, 0.3) is 16.9 Å². The molecule has 5 rings (SSSR count). The minimum Gasteiger partial charge on any atom is -0.368 e. The number of aromatic nitrogens is 5. The van der Waals surface area contributed by atoms with Crippen molar-refractivity contribution in [1.29, 1.82) is 0 Å². The molecule has 6 heteroatoms. The summed E-state index contributed by atoms with van der Waals surface area (Å²) in [6, 6.07) is 14.3. The molecule has 4 aromatic rings. The van der Waals surface area contributed by atoms with Crippen molar-refractivity contribution in [1.82, 2.24) is 24.4 Å². The van der Waals surface area contributed by atoms with Crippen LogP contribution in [0.15, 0.2) is 61.1 Å². The highest BCUT2D eigenvalue weighted by atomic mass is 15.3. The summed E-state index contributed by atoms with van der Waals surface area (Å²) in [6.45, 7) is 1.75. The van der Waals surface area contributed by atoms with E-state index in [2.05, 4.69) is 27.5 Å². The van der Waals surface area contributed by atoms with Crippen molar-refractivity contribution in [3.05, 3.63) is 66.6 Å². The maximum atomic E-state index is 4.71. The van der Waals surface area contributed by atoms with Gasteiger partial charge < -0.3 is 5.32 Å². The highest BCUT2D eigenvalue weighted by Gasteiger charge is 2.21. The minimum atomic E-state index is 0.749. The molecule has 0 radical (unpaired) electrons. The molecule has 0 unspecified atom stereocenters. The van der Waals surface area contributed by atoms with Crippen molar-refractivity contribution in [2.24, 2.45) is 5.92 Å². The van der Waals surface area contributed by atoms with Crippen molar-refractivity contribution in [2.75, 3.05) is 11.9 Å². The number of nitrogens with zero attached hydrogens (tertiary/aromatic N) is 5. The van der Waals surface area contributed by atoms with E-state index in [1.54, 1.807) is 0 Å². The monoisotopic (exact) mass is 344 g/mol. The third-order valence-electron chi connectivity index (χ3n) is 4.75. The van der Waals surface area contributed by atoms with Gasteiger partial charge in [-0.1, -0.05) is 30.3 Å². The number of rotatable bonds is 6. The molecule has 0 atom stereocenters. The zero-order valence-corrected chi connectivity index (χ0v) is 14.4. The summed E-state index contributed by atoms with van der Waals surface area (Å²) in [5.74, 6) is 1.70. The van der Waals surface area contributed by atoms with E-state index in [1.807, 2.05) is 58.1 Å². The van der Waals surface area contributed by atoms with Crippen molar-refractivity contribution in [2.45, 2.75) is 19.4 Å². The molecule has 1 saturated carbocycles. The van der Waals surface area contributed by atoms with Crippen LogP contribution in [0.4, 0.5) is 5.82 Å². The quantitative estimate of drug-likeness (QED) is 0.582. The SMILES string of the molecule is c1ccc(Cn2cc(-c3cnc4ccc(NCC5CC5)nn34)cn2)cc1. The fourth-order valence-electron chi connectivity index (χ4n) is 3.09. The molecule has 1 aliphatic rings. The highest BCUT2D eigenvalue weighted by molar-refractivity contribution is 5.62. The average Bonchev–Trinajstić information content (AvgIpc) is 3.24. The zero-order chi connectivity index (χ0) is 17.3. The largest absolute Gasteiger partial charge is 0.368 e. The Morgan fingerprint density at radius 1 is 1.04 bits per heavy atom. The first-order valence-corrected chi connectivity index (χ1v) is 9.00. The minimum absolute atomic E-state index is 0.749. The number of fused-ring (bicyclic) bond motifs is 1. The summed E-state index contributed by atoms with van der Waals surface area (Å²) in [4.78, 5) is 4.47. The second kappa shape index (κ2) is 6.29. The van der Waals surface area contributed by atoms with Gasteiger partial charge in [-0.3, -0.25) is 4.68 Å². The third kappa shape index (κ3) is 3.06. The summed E-state index contributed by atoms with van der Waals surface area (Å²) < 4.78 is 3.83. The predicted octanol–water partition coefficient (Wildman–Crippen LogP) is 3.46. The van der Waals surface area contributed by atoms with E-state index in [1.165, 1.54) is 18.4 Å². The van der Waals surface area contributed by atoms with E-state index < -0.39 is 0 Å². The fraction of sp³-hybridized carbons (Fsp3) is 0.250. The lowest BCUT2D eigenvalue weighted by Gasteiger charge is -2.05. The number of nitrogens with one attached hydrogen (secondary N) is 1. The standard InChI is InChI=1S/C20H20N6/c1-2-4-16(5-3-1)13-25-14-17(11-23-25)18-12-22-20-9-8-19(24-26(18)20)21-10-15-6-7-15/h1-5,8-9,11-12,14-15H,6-7,10,13H2,(H,21,24). The average molecular weight is 344 g/mol. The van der Waals surface area contributed by atoms with Crippen LogP contribution in [0, 0.1) is 5.92 Å². The molecule has 1 aromatic carbocycles. The van der Waals surface area contributed by atoms with Crippen LogP contribution >= 0.6 is 0 Å². The predicted molar refractivity (Wildman–Crippen MR) is 101 cm³/mol. The molecule has 26 heavy (non-hydrogen) atoms. The van der Waals surface area contributed by atoms with Gasteiger partial charge in [0.15, 0.2) is 5.65 Å². The van der Waals surface area contributed by atoms with Crippen LogP contribution in [-0.2, 0) is 6.54 Å². The molecule has 0 bridgehead atoms. The van der Waals surface area contributed by atoms with Crippen molar-refractivity contribution >= 4 is 11.5 Å². The van der Waals surface area contributed by atoms with E-state index in [4.69, 9.17) is 5.10 Å². The van der Waals surface area contributed by atoms with Gasteiger partial charge in [0.25, 0.3) is 0 Å². The Balaban J connectivity index is 1.42. The molecule has 1 aliphatic carbocycles. The molecule has 0 saturated heterocycles. The molecular weight excluding hydrogens is 324 g/mol. The normalized spacial score (nSPS) is 14.0. The van der Waals surface area contributed by atoms with Crippen molar-refractivity contribution < 1.29 is 0 Å². The van der Waals surface area contributed by atoms with E-state index >= 15 is 0 Å². The molecule has 0 aliphatic heterocycles. The molecular formula is C20H20N6. The number of hydrogen-bond donors (Lipinski definition) is 1. The lowest BCUT2D eigenvalue weighted by molar-refractivity contribution is 0.687. The molecule has 3 heterocycles. The molecule has 1 N–H and O–H groups in total. The van der Waals surface area contributed by atoms with Crippen LogP contribution in [-0.4, -0.2) is 30.9 Å². The smallest absolute Gasteiger partial charge is 0.154 e. The molecule has 1 fully saturated rings. The van der Waals surface area contributed by atoms with Gasteiger partial charge in [0.1, 0.15) is 5.82 Å². The first-order valence-electron chi connectivity index (χ1n) is 9.00. The lowest BCUT2D eigenvalue weighted by Crippen LogP contribution is -2.07. The van der Waals surface area contributed by atoms with Crippen LogP contribution in [0.1, 0.15) is 18.4 Å². The summed E-state index contributed by atoms with van der Waals surface area (Å²) >= 11 is 0. The second-order valence-corrected chi connectivity index (χ2v) is 6.87. The van der Waals surface area contributed by atoms with Gasteiger partial charge in [-0.15, -0.1) is 5.10 Å². The first-order chi connectivity index (χ1) is 12.8. The van der Waals surface area contributed by atoms with Crippen LogP contribution in [0.3, 0.4) is 0 Å². The van der Waals surface area contributed by atoms with Gasteiger partial charge in [-0.25, -0.2) is 9.50 Å². The van der Waals surface area contributed by atoms with Gasteiger partial charge in [-0.2, -0.15) is 5.10 Å². The van der Waals surface area contributed by atoms with E-state index in [-0.39, 0.29) is 0 Å². The summed E-state index contributed by atoms with van der Waals surface area (Å²) in [5.41, 5.74) is 4.03. The molecule has 0 amide bonds. The second-order valence-electron chi connectivity index (χ2n) is 6.87. The van der Waals surface area contributed by atoms with E-state index in [9.17, 15) is 0 Å². The van der Waals surface area contributed by atoms with Gasteiger partial charge in [-0.05, 0) is 36.5 Å². The van der Waals surface area contributed by atoms with Crippen molar-refractivity contribution in [3.63, 3.8) is 0 Å². The summed E-state index contributed by atoms with van der Waals surface area (Å²) in [7, 11) is 0. The number of benzene rings is 1. The first kappa shape index (κ1) is 15.1. The zero-order valence-electron chi connectivity index (χ0n) is 14.4. The van der Waals surface area contributed by atoms with Gasteiger partial charge in [0, 0.05) is 18.3 Å². The lowest BCUT2D eigenvalue weighted by atomic mass is 10.2. The topological polar surface area (TPSA) is 60.0 Å². The Bertz CT molecular complexity index is 1030. The maximum absolute atomic E-state index is 4.71. The van der Waals surface area contributed by atoms with E-state index in [0.717, 1.165) is 41.7 Å². The highest BCUT2D eigenvalue weighted by Crippen LogP contribution is 2.29. The third-order valence-corrected chi connectivity index (χ3v) is 4.75. The Labute approximate surface area is 151 Å². The molecule has 0 spiro atoms. The Hall–Kier alpha value is -3.15. The van der Waals surface area contributed by atoms with Gasteiger partial charge in [0.2, 0.25) is 0 Å². The summed E-state index contributed by atoms with van der Waals surface area (Å²) in [6.07, 6.45) is 8.43. The van der Waals surface area contributed by atoms with Crippen molar-refractivity contribution in [3.8, 4) is 11.3 Å². The fourth-order valence-corrected chi connectivity index (χ4v) is 3.09. The van der Waals surface area contributed by atoms with Crippen LogP contribution in [0.5, 0.6) is 0 Å². The molecule has 3 aromatic heterocycles. The Kier molecular flexibility index (Phi) is 3.66. The summed E-state index contributed by atoms with van der Waals surface area (Å²) in [5, 5.41) is 12.6.